The van der Waals surface area contributed by atoms with E-state index in [2.05, 4.69) is 34.1 Å². The number of benzene rings is 1. The predicted molar refractivity (Wildman–Crippen MR) is 50.7 cm³/mol. The zero-order valence-corrected chi connectivity index (χ0v) is 8.35. The summed E-state index contributed by atoms with van der Waals surface area (Å²) in [6.45, 7) is 0. The van der Waals surface area contributed by atoms with E-state index >= 15 is 0 Å². The second-order valence-corrected chi connectivity index (χ2v) is 5.20. The topological polar surface area (TPSA) is 0 Å². The molecule has 0 bridgehead atoms. The molecule has 0 saturated carbocycles. The summed E-state index contributed by atoms with van der Waals surface area (Å²) in [4.78, 5) is 2.83. The molecule has 0 radical (unpaired) electrons. The van der Waals surface area contributed by atoms with Crippen molar-refractivity contribution in [1.29, 1.82) is 0 Å². The maximum absolute atomic E-state index is 3.51. The quantitative estimate of drug-likeness (QED) is 0.671. The lowest BCUT2D eigenvalue weighted by atomic mass is 10.4. The Labute approximate surface area is 76.9 Å². The van der Waals surface area contributed by atoms with Crippen molar-refractivity contribution in [2.75, 3.05) is 5.08 Å². The summed E-state index contributed by atoms with van der Waals surface area (Å²) in [5.74, 6) is 0. The molecule has 1 aromatic rings. The van der Waals surface area contributed by atoms with Crippen LogP contribution in [0.25, 0.3) is 0 Å². The summed E-state index contributed by atoms with van der Waals surface area (Å²) in [5.41, 5.74) is 0. The summed E-state index contributed by atoms with van der Waals surface area (Å²) in [6.07, 6.45) is 0. The van der Waals surface area contributed by atoms with Crippen LogP contribution in [0.4, 0.5) is 0 Å². The molecule has 1 aromatic carbocycles. The maximum Gasteiger partial charge on any atom is 0.0487 e. The Bertz CT molecular complexity index is 260. The molecule has 52 valence electrons. The average molecular weight is 233 g/mol. The van der Waals surface area contributed by atoms with Crippen molar-refractivity contribution < 1.29 is 0 Å². The summed E-state index contributed by atoms with van der Waals surface area (Å²) in [5, 5.41) is 1.16. The first kappa shape index (κ1) is 7.07. The van der Waals surface area contributed by atoms with Crippen LogP contribution in [-0.2, 0) is 0 Å². The van der Waals surface area contributed by atoms with Gasteiger partial charge in [0.25, 0.3) is 0 Å². The number of rotatable bonds is 0. The molecular formula is C7H5BrS2. The number of hydrogen-bond donors (Lipinski definition) is 0. The lowest BCUT2D eigenvalue weighted by Crippen LogP contribution is -1.70. The Morgan fingerprint density at radius 3 is 3.00 bits per heavy atom. The Hall–Kier alpha value is 0.400. The molecule has 0 unspecified atom stereocenters. The van der Waals surface area contributed by atoms with Crippen molar-refractivity contribution in [3.63, 3.8) is 0 Å². The van der Waals surface area contributed by atoms with E-state index in [-0.39, 0.29) is 0 Å². The molecule has 10 heavy (non-hydrogen) atoms. The summed E-state index contributed by atoms with van der Waals surface area (Å²) < 4.78 is 1.24. The van der Waals surface area contributed by atoms with Gasteiger partial charge >= 0.3 is 0 Å². The molecule has 0 nitrogen and oxygen atoms in total. The molecule has 0 atom stereocenters. The van der Waals surface area contributed by atoms with Gasteiger partial charge in [-0.1, -0.05) is 6.07 Å². The fraction of sp³-hybridized carbons (Fsp3) is 0.143. The highest BCUT2D eigenvalue weighted by Gasteiger charge is 2.13. The molecule has 1 heterocycles. The van der Waals surface area contributed by atoms with Crippen LogP contribution in [0.3, 0.4) is 0 Å². The van der Waals surface area contributed by atoms with Gasteiger partial charge < -0.3 is 0 Å². The fourth-order valence-corrected chi connectivity index (χ4v) is 4.14. The molecule has 2 rings (SSSR count). The van der Waals surface area contributed by atoms with E-state index in [4.69, 9.17) is 0 Å². The normalized spacial score (nSPS) is 15.3. The minimum absolute atomic E-state index is 1.16. The van der Waals surface area contributed by atoms with Crippen LogP contribution in [0.1, 0.15) is 0 Å². The second-order valence-electron chi connectivity index (χ2n) is 1.97. The van der Waals surface area contributed by atoms with Gasteiger partial charge in [0.2, 0.25) is 0 Å². The highest BCUT2D eigenvalue weighted by molar-refractivity contribution is 9.10. The molecule has 0 aromatic heterocycles. The highest BCUT2D eigenvalue weighted by Crippen LogP contribution is 2.45. The smallest absolute Gasteiger partial charge is 0.0487 e. The van der Waals surface area contributed by atoms with Crippen molar-refractivity contribution in [1.82, 2.24) is 0 Å². The van der Waals surface area contributed by atoms with E-state index in [1.807, 2.05) is 23.5 Å². The van der Waals surface area contributed by atoms with Gasteiger partial charge in [0.05, 0.1) is 0 Å². The largest absolute Gasteiger partial charge is 0.114 e. The molecule has 1 aliphatic heterocycles. The van der Waals surface area contributed by atoms with Crippen molar-refractivity contribution in [2.24, 2.45) is 0 Å². The Kier molecular flexibility index (Phi) is 1.98. The first-order valence-electron chi connectivity index (χ1n) is 2.92. The third-order valence-electron chi connectivity index (χ3n) is 1.35. The van der Waals surface area contributed by atoms with Crippen molar-refractivity contribution in [3.8, 4) is 0 Å². The van der Waals surface area contributed by atoms with E-state index in [9.17, 15) is 0 Å². The predicted octanol–water partition coefficient (Wildman–Crippen LogP) is 3.60. The van der Waals surface area contributed by atoms with Crippen molar-refractivity contribution >= 4 is 39.5 Å². The monoisotopic (exact) mass is 232 g/mol. The number of hydrogen-bond acceptors (Lipinski definition) is 2. The van der Waals surface area contributed by atoms with E-state index < -0.39 is 0 Å². The second kappa shape index (κ2) is 2.80. The lowest BCUT2D eigenvalue weighted by molar-refractivity contribution is 1.24. The summed E-state index contributed by atoms with van der Waals surface area (Å²) in [6, 6.07) is 6.35. The average Bonchev–Trinajstić information content (AvgIpc) is 2.36. The van der Waals surface area contributed by atoms with Gasteiger partial charge in [-0.2, -0.15) is 0 Å². The minimum atomic E-state index is 1.16. The van der Waals surface area contributed by atoms with Gasteiger partial charge in [0, 0.05) is 19.3 Å². The fourth-order valence-electron chi connectivity index (χ4n) is 0.895. The third-order valence-corrected chi connectivity index (χ3v) is 4.72. The van der Waals surface area contributed by atoms with Gasteiger partial charge in [-0.3, -0.25) is 0 Å². The van der Waals surface area contributed by atoms with Gasteiger partial charge in [0.1, 0.15) is 0 Å². The Morgan fingerprint density at radius 1 is 1.30 bits per heavy atom. The molecule has 0 N–H and O–H groups in total. The molecule has 0 amide bonds. The van der Waals surface area contributed by atoms with Gasteiger partial charge in [-0.15, -0.1) is 23.5 Å². The number of fused-ring (bicyclic) bond motifs is 1. The van der Waals surface area contributed by atoms with Crippen LogP contribution in [0.2, 0.25) is 0 Å². The Balaban J connectivity index is 2.59. The first-order chi connectivity index (χ1) is 4.88. The van der Waals surface area contributed by atoms with E-state index in [1.165, 1.54) is 14.3 Å². The molecule has 0 fully saturated rings. The van der Waals surface area contributed by atoms with E-state index in [1.54, 1.807) is 0 Å². The Morgan fingerprint density at radius 2 is 2.20 bits per heavy atom. The molecule has 1 aliphatic rings. The zero-order valence-electron chi connectivity index (χ0n) is 5.13. The molecule has 3 heteroatoms. The lowest BCUT2D eigenvalue weighted by Gasteiger charge is -1.96. The SMILES string of the molecule is Brc1cccc2c1SCS2. The molecule has 0 saturated heterocycles. The maximum atomic E-state index is 3.51. The minimum Gasteiger partial charge on any atom is -0.114 e. The molecule has 0 spiro atoms. The first-order valence-corrected chi connectivity index (χ1v) is 5.68. The molecule has 0 aliphatic carbocycles. The van der Waals surface area contributed by atoms with Crippen LogP contribution in [0.5, 0.6) is 0 Å². The van der Waals surface area contributed by atoms with Crippen molar-refractivity contribution in [3.05, 3.63) is 22.7 Å². The standard InChI is InChI=1S/C7H5BrS2/c8-5-2-1-3-6-7(5)10-4-9-6/h1-3H,4H2. The number of halogens is 1. The van der Waals surface area contributed by atoms with Gasteiger partial charge in [-0.25, -0.2) is 0 Å². The van der Waals surface area contributed by atoms with E-state index in [0.29, 0.717) is 0 Å². The van der Waals surface area contributed by atoms with Crippen LogP contribution in [-0.4, -0.2) is 5.08 Å². The van der Waals surface area contributed by atoms with Crippen LogP contribution in [0, 0.1) is 0 Å². The summed E-state index contributed by atoms with van der Waals surface area (Å²) in [7, 11) is 0. The molecular weight excluding hydrogens is 228 g/mol. The zero-order chi connectivity index (χ0) is 6.97. The van der Waals surface area contributed by atoms with Crippen LogP contribution < -0.4 is 0 Å². The van der Waals surface area contributed by atoms with Gasteiger partial charge in [-0.05, 0) is 28.1 Å². The summed E-state index contributed by atoms with van der Waals surface area (Å²) >= 11 is 7.34. The van der Waals surface area contributed by atoms with E-state index in [0.717, 1.165) is 5.08 Å². The van der Waals surface area contributed by atoms with Gasteiger partial charge in [0.15, 0.2) is 0 Å². The van der Waals surface area contributed by atoms with Crippen LogP contribution in [0.15, 0.2) is 32.5 Å². The van der Waals surface area contributed by atoms with Crippen LogP contribution >= 0.6 is 39.5 Å². The third kappa shape index (κ3) is 1.11. The highest BCUT2D eigenvalue weighted by atomic mass is 79.9. The van der Waals surface area contributed by atoms with Crippen molar-refractivity contribution in [2.45, 2.75) is 9.79 Å². The number of thioether (sulfide) groups is 2.